The SMILES string of the molecule is COc1ccccc1[C@@H](C)NC(=O)COc1ccc(S(=O)(=O)Nc2ccccc2)cc1. The van der Waals surface area contributed by atoms with Gasteiger partial charge in [-0.15, -0.1) is 0 Å². The second-order valence-corrected chi connectivity index (χ2v) is 8.45. The highest BCUT2D eigenvalue weighted by atomic mass is 32.2. The van der Waals surface area contributed by atoms with Gasteiger partial charge in [0.05, 0.1) is 18.0 Å². The van der Waals surface area contributed by atoms with Gasteiger partial charge in [-0.3, -0.25) is 9.52 Å². The van der Waals surface area contributed by atoms with Crippen LogP contribution in [0.15, 0.2) is 83.8 Å². The lowest BCUT2D eigenvalue weighted by atomic mass is 10.1. The molecule has 0 saturated heterocycles. The van der Waals surface area contributed by atoms with Crippen LogP contribution in [0.1, 0.15) is 18.5 Å². The Morgan fingerprint density at radius 2 is 1.58 bits per heavy atom. The van der Waals surface area contributed by atoms with E-state index in [1.165, 1.54) is 24.3 Å². The van der Waals surface area contributed by atoms with Crippen LogP contribution in [-0.4, -0.2) is 28.0 Å². The molecule has 0 bridgehead atoms. The van der Waals surface area contributed by atoms with E-state index in [-0.39, 0.29) is 23.5 Å². The van der Waals surface area contributed by atoms with Gasteiger partial charge in [-0.2, -0.15) is 0 Å². The van der Waals surface area contributed by atoms with Crippen molar-refractivity contribution in [3.63, 3.8) is 0 Å². The van der Waals surface area contributed by atoms with Crippen LogP contribution in [0.4, 0.5) is 5.69 Å². The van der Waals surface area contributed by atoms with Gasteiger partial charge in [-0.25, -0.2) is 8.42 Å². The van der Waals surface area contributed by atoms with Crippen molar-refractivity contribution in [1.29, 1.82) is 0 Å². The molecule has 0 unspecified atom stereocenters. The predicted molar refractivity (Wildman–Crippen MR) is 119 cm³/mol. The fourth-order valence-electron chi connectivity index (χ4n) is 2.97. The van der Waals surface area contributed by atoms with E-state index < -0.39 is 10.0 Å². The summed E-state index contributed by atoms with van der Waals surface area (Å²) in [4.78, 5) is 12.3. The number of sulfonamides is 1. The zero-order chi connectivity index (χ0) is 22.3. The number of ether oxygens (including phenoxy) is 2. The maximum Gasteiger partial charge on any atom is 0.261 e. The molecule has 2 N–H and O–H groups in total. The van der Waals surface area contributed by atoms with Crippen molar-refractivity contribution in [1.82, 2.24) is 5.32 Å². The minimum Gasteiger partial charge on any atom is -0.496 e. The topological polar surface area (TPSA) is 93.7 Å². The highest BCUT2D eigenvalue weighted by Gasteiger charge is 2.16. The molecule has 0 aliphatic heterocycles. The highest BCUT2D eigenvalue weighted by molar-refractivity contribution is 7.92. The summed E-state index contributed by atoms with van der Waals surface area (Å²) in [6.07, 6.45) is 0. The van der Waals surface area contributed by atoms with Crippen molar-refractivity contribution in [2.24, 2.45) is 0 Å². The first-order chi connectivity index (χ1) is 14.9. The first-order valence-corrected chi connectivity index (χ1v) is 11.1. The number of benzene rings is 3. The molecule has 3 aromatic carbocycles. The van der Waals surface area contributed by atoms with E-state index in [0.717, 1.165) is 5.56 Å². The molecule has 0 saturated carbocycles. The zero-order valence-corrected chi connectivity index (χ0v) is 18.1. The molecule has 0 radical (unpaired) electrons. The Labute approximate surface area is 182 Å². The van der Waals surface area contributed by atoms with Gasteiger partial charge >= 0.3 is 0 Å². The quantitative estimate of drug-likeness (QED) is 0.529. The fourth-order valence-corrected chi connectivity index (χ4v) is 4.03. The summed E-state index contributed by atoms with van der Waals surface area (Å²) in [6, 6.07) is 21.7. The van der Waals surface area contributed by atoms with Gasteiger partial charge in [0, 0.05) is 11.3 Å². The molecule has 7 nitrogen and oxygen atoms in total. The molecule has 31 heavy (non-hydrogen) atoms. The largest absolute Gasteiger partial charge is 0.496 e. The number of hydrogen-bond donors (Lipinski definition) is 2. The summed E-state index contributed by atoms with van der Waals surface area (Å²) < 4.78 is 38.2. The lowest BCUT2D eigenvalue weighted by Gasteiger charge is -2.17. The number of nitrogens with one attached hydrogen (secondary N) is 2. The Balaban J connectivity index is 1.56. The number of hydrogen-bond acceptors (Lipinski definition) is 5. The van der Waals surface area contributed by atoms with Crippen LogP contribution < -0.4 is 19.5 Å². The molecule has 3 rings (SSSR count). The van der Waals surface area contributed by atoms with Crippen molar-refractivity contribution >= 4 is 21.6 Å². The van der Waals surface area contributed by atoms with Gasteiger partial charge in [0.15, 0.2) is 6.61 Å². The van der Waals surface area contributed by atoms with E-state index in [1.807, 2.05) is 31.2 Å². The molecule has 0 spiro atoms. The van der Waals surface area contributed by atoms with E-state index in [4.69, 9.17) is 9.47 Å². The van der Waals surface area contributed by atoms with Gasteiger partial charge in [0.1, 0.15) is 11.5 Å². The number of carbonyl (C=O) groups excluding carboxylic acids is 1. The third-order valence-corrected chi connectivity index (χ3v) is 5.91. The third-order valence-electron chi connectivity index (χ3n) is 4.51. The van der Waals surface area contributed by atoms with Gasteiger partial charge in [-0.05, 0) is 49.4 Å². The molecule has 1 amide bonds. The Hall–Kier alpha value is -3.52. The second-order valence-electron chi connectivity index (χ2n) is 6.76. The third kappa shape index (κ3) is 5.99. The second kappa shape index (κ2) is 9.99. The normalized spacial score (nSPS) is 11.9. The minimum atomic E-state index is -3.71. The van der Waals surface area contributed by atoms with Crippen LogP contribution in [0.3, 0.4) is 0 Å². The van der Waals surface area contributed by atoms with E-state index in [0.29, 0.717) is 17.2 Å². The average molecular weight is 441 g/mol. The zero-order valence-electron chi connectivity index (χ0n) is 17.2. The number of carbonyl (C=O) groups is 1. The molecule has 3 aromatic rings. The molecule has 8 heteroatoms. The molecular weight excluding hydrogens is 416 g/mol. The van der Waals surface area contributed by atoms with E-state index in [2.05, 4.69) is 10.0 Å². The molecular formula is C23H24N2O5S. The lowest BCUT2D eigenvalue weighted by Crippen LogP contribution is -2.31. The van der Waals surface area contributed by atoms with Crippen molar-refractivity contribution < 1.29 is 22.7 Å². The van der Waals surface area contributed by atoms with Crippen LogP contribution in [0.2, 0.25) is 0 Å². The molecule has 0 fully saturated rings. The molecule has 0 heterocycles. The highest BCUT2D eigenvalue weighted by Crippen LogP contribution is 2.24. The molecule has 1 atom stereocenters. The average Bonchev–Trinajstić information content (AvgIpc) is 2.78. The van der Waals surface area contributed by atoms with E-state index >= 15 is 0 Å². The monoisotopic (exact) mass is 440 g/mol. The van der Waals surface area contributed by atoms with Crippen LogP contribution in [0, 0.1) is 0 Å². The molecule has 0 aliphatic carbocycles. The van der Waals surface area contributed by atoms with E-state index in [9.17, 15) is 13.2 Å². The summed E-state index contributed by atoms with van der Waals surface area (Å²) in [7, 11) is -2.13. The van der Waals surface area contributed by atoms with Crippen LogP contribution in [-0.2, 0) is 14.8 Å². The summed E-state index contributed by atoms with van der Waals surface area (Å²) in [5.41, 5.74) is 1.34. The first kappa shape index (κ1) is 22.2. The Morgan fingerprint density at radius 3 is 2.26 bits per heavy atom. The summed E-state index contributed by atoms with van der Waals surface area (Å²) in [5.74, 6) is 0.775. The Bertz CT molecular complexity index is 1120. The first-order valence-electron chi connectivity index (χ1n) is 9.62. The number of anilines is 1. The Kier molecular flexibility index (Phi) is 7.15. The summed E-state index contributed by atoms with van der Waals surface area (Å²) in [5, 5.41) is 2.85. The summed E-state index contributed by atoms with van der Waals surface area (Å²) in [6.45, 7) is 1.66. The van der Waals surface area contributed by atoms with Gasteiger partial charge in [0.2, 0.25) is 0 Å². The van der Waals surface area contributed by atoms with Crippen LogP contribution in [0.25, 0.3) is 0 Å². The summed E-state index contributed by atoms with van der Waals surface area (Å²) >= 11 is 0. The van der Waals surface area contributed by atoms with Crippen LogP contribution in [0.5, 0.6) is 11.5 Å². The standard InChI is InChI=1S/C23H24N2O5S/c1-17(21-10-6-7-11-22(21)29-2)24-23(26)16-30-19-12-14-20(15-13-19)31(27,28)25-18-8-4-3-5-9-18/h3-15,17,25H,16H2,1-2H3,(H,24,26)/t17-/m1/s1. The number of rotatable bonds is 9. The minimum absolute atomic E-state index is 0.0953. The van der Waals surface area contributed by atoms with Gasteiger partial charge in [0.25, 0.3) is 15.9 Å². The predicted octanol–water partition coefficient (Wildman–Crippen LogP) is 3.75. The fraction of sp³-hybridized carbons (Fsp3) is 0.174. The maximum absolute atomic E-state index is 12.5. The van der Waals surface area contributed by atoms with Crippen molar-refractivity contribution in [3.05, 3.63) is 84.4 Å². The van der Waals surface area contributed by atoms with Gasteiger partial charge in [-0.1, -0.05) is 36.4 Å². The number of methoxy groups -OCH3 is 1. The molecule has 0 aliphatic rings. The van der Waals surface area contributed by atoms with Crippen molar-refractivity contribution in [2.75, 3.05) is 18.4 Å². The number of para-hydroxylation sites is 2. The van der Waals surface area contributed by atoms with E-state index in [1.54, 1.807) is 37.4 Å². The molecule has 162 valence electrons. The smallest absolute Gasteiger partial charge is 0.261 e. The molecule has 0 aromatic heterocycles. The Morgan fingerprint density at radius 1 is 0.935 bits per heavy atom. The van der Waals surface area contributed by atoms with Crippen molar-refractivity contribution in [3.8, 4) is 11.5 Å². The number of amides is 1. The maximum atomic E-state index is 12.5. The lowest BCUT2D eigenvalue weighted by molar-refractivity contribution is -0.123. The van der Waals surface area contributed by atoms with Gasteiger partial charge < -0.3 is 14.8 Å². The van der Waals surface area contributed by atoms with Crippen molar-refractivity contribution in [2.45, 2.75) is 17.9 Å². The van der Waals surface area contributed by atoms with Crippen LogP contribution >= 0.6 is 0 Å².